The van der Waals surface area contributed by atoms with E-state index < -0.39 is 13.0 Å². The van der Waals surface area contributed by atoms with E-state index in [0.717, 1.165) is 13.0 Å². The predicted octanol–water partition coefficient (Wildman–Crippen LogP) is 2.63. The molecule has 90 valence electrons. The second kappa shape index (κ2) is 6.42. The van der Waals surface area contributed by atoms with Gasteiger partial charge < -0.3 is 10.6 Å². The van der Waals surface area contributed by atoms with Crippen LogP contribution in [0.5, 0.6) is 0 Å². The summed E-state index contributed by atoms with van der Waals surface area (Å²) in [6.07, 6.45) is -0.148. The normalized spacial score (nSPS) is 10.6. The summed E-state index contributed by atoms with van der Waals surface area (Å²) in [7, 11) is 0. The summed E-state index contributed by atoms with van der Waals surface area (Å²) in [5, 5.41) is 5.62. The number of halogens is 3. The van der Waals surface area contributed by atoms with Crippen molar-refractivity contribution in [3.63, 3.8) is 0 Å². The van der Waals surface area contributed by atoms with E-state index in [2.05, 4.69) is 20.6 Å². The third-order valence-electron chi connectivity index (χ3n) is 1.70. The molecule has 0 aliphatic heterocycles. The number of hydrogen-bond acceptors (Lipinski definition) is 4. The van der Waals surface area contributed by atoms with Gasteiger partial charge in [0.05, 0.1) is 12.7 Å². The fourth-order valence-electron chi connectivity index (χ4n) is 0.987. The van der Waals surface area contributed by atoms with E-state index >= 15 is 0 Å². The first kappa shape index (κ1) is 12.9. The molecular weight excluding hydrogens is 238 g/mol. The van der Waals surface area contributed by atoms with Crippen molar-refractivity contribution in [1.29, 1.82) is 0 Å². The maximum atomic E-state index is 12.0. The van der Waals surface area contributed by atoms with Crippen LogP contribution < -0.4 is 10.6 Å². The highest BCUT2D eigenvalue weighted by Crippen LogP contribution is 2.19. The van der Waals surface area contributed by atoms with Crippen LogP contribution >= 0.6 is 11.6 Å². The first-order chi connectivity index (χ1) is 7.63. The van der Waals surface area contributed by atoms with Crippen molar-refractivity contribution >= 4 is 23.4 Å². The third-order valence-corrected chi connectivity index (χ3v) is 1.98. The lowest BCUT2D eigenvalue weighted by molar-refractivity contribution is 0.163. The lowest BCUT2D eigenvalue weighted by Gasteiger charge is -2.08. The van der Waals surface area contributed by atoms with E-state index in [4.69, 9.17) is 11.6 Å². The van der Waals surface area contributed by atoms with Crippen LogP contribution in [0.3, 0.4) is 0 Å². The van der Waals surface area contributed by atoms with Crippen molar-refractivity contribution in [2.24, 2.45) is 0 Å². The van der Waals surface area contributed by atoms with Gasteiger partial charge in [-0.3, -0.25) is 0 Å². The van der Waals surface area contributed by atoms with Gasteiger partial charge in [-0.15, -0.1) is 0 Å². The summed E-state index contributed by atoms with van der Waals surface area (Å²) in [5.41, 5.74) is 0. The van der Waals surface area contributed by atoms with Crippen LogP contribution in [0.15, 0.2) is 6.20 Å². The molecule has 0 aliphatic carbocycles. The van der Waals surface area contributed by atoms with E-state index in [0.29, 0.717) is 5.95 Å². The minimum Gasteiger partial charge on any atom is -0.363 e. The standard InChI is InChI=1S/C9H13ClF2N4/c1-2-3-13-9-15-4-6(10)8(16-9)14-5-7(11)12/h4,7H,2-3,5H2,1H3,(H2,13,14,15,16). The minimum absolute atomic E-state index is 0.218. The van der Waals surface area contributed by atoms with E-state index in [1.54, 1.807) is 0 Å². The average Bonchev–Trinajstić information content (AvgIpc) is 2.26. The molecular formula is C9H13ClF2N4. The van der Waals surface area contributed by atoms with E-state index in [-0.39, 0.29) is 10.8 Å². The fraction of sp³-hybridized carbons (Fsp3) is 0.556. The van der Waals surface area contributed by atoms with Crippen LogP contribution in [0.1, 0.15) is 13.3 Å². The SMILES string of the molecule is CCCNc1ncc(Cl)c(NCC(F)F)n1. The summed E-state index contributed by atoms with van der Waals surface area (Å²) >= 11 is 5.75. The Morgan fingerprint density at radius 3 is 2.81 bits per heavy atom. The van der Waals surface area contributed by atoms with Crippen molar-refractivity contribution in [2.45, 2.75) is 19.8 Å². The number of hydrogen-bond donors (Lipinski definition) is 2. The van der Waals surface area contributed by atoms with Gasteiger partial charge in [0, 0.05) is 6.54 Å². The highest BCUT2D eigenvalue weighted by molar-refractivity contribution is 6.32. The summed E-state index contributed by atoms with van der Waals surface area (Å²) in [4.78, 5) is 7.91. The lowest BCUT2D eigenvalue weighted by atomic mass is 10.5. The molecule has 0 spiro atoms. The number of nitrogens with zero attached hydrogens (tertiary/aromatic N) is 2. The Kier molecular flexibility index (Phi) is 5.18. The molecule has 1 aromatic heterocycles. The van der Waals surface area contributed by atoms with Crippen LogP contribution in [0.2, 0.25) is 5.02 Å². The smallest absolute Gasteiger partial charge is 0.255 e. The highest BCUT2D eigenvalue weighted by Gasteiger charge is 2.07. The monoisotopic (exact) mass is 250 g/mol. The van der Waals surface area contributed by atoms with Crippen LogP contribution in [-0.4, -0.2) is 29.5 Å². The molecule has 0 fully saturated rings. The second-order valence-electron chi connectivity index (χ2n) is 3.09. The van der Waals surface area contributed by atoms with Gasteiger partial charge >= 0.3 is 0 Å². The Labute approximate surface area is 97.4 Å². The molecule has 0 aliphatic rings. The maximum absolute atomic E-state index is 12.0. The van der Waals surface area contributed by atoms with Gasteiger partial charge in [0.15, 0.2) is 5.82 Å². The summed E-state index contributed by atoms with van der Waals surface area (Å²) in [6.45, 7) is 2.23. The van der Waals surface area contributed by atoms with Gasteiger partial charge in [0.25, 0.3) is 6.43 Å². The molecule has 1 aromatic rings. The summed E-state index contributed by atoms with van der Waals surface area (Å²) in [5.74, 6) is 0.596. The molecule has 7 heteroatoms. The molecule has 0 bridgehead atoms. The Balaban J connectivity index is 2.66. The van der Waals surface area contributed by atoms with Crippen molar-refractivity contribution in [1.82, 2.24) is 9.97 Å². The molecule has 0 unspecified atom stereocenters. The van der Waals surface area contributed by atoms with E-state index in [9.17, 15) is 8.78 Å². The van der Waals surface area contributed by atoms with Crippen LogP contribution in [0, 0.1) is 0 Å². The zero-order valence-electron chi connectivity index (χ0n) is 8.80. The Bertz CT molecular complexity index is 335. The topological polar surface area (TPSA) is 49.8 Å². The molecule has 0 radical (unpaired) electrons. The molecule has 16 heavy (non-hydrogen) atoms. The average molecular weight is 251 g/mol. The molecule has 0 amide bonds. The minimum atomic E-state index is -2.45. The molecule has 0 saturated heterocycles. The van der Waals surface area contributed by atoms with E-state index in [1.165, 1.54) is 6.20 Å². The predicted molar refractivity (Wildman–Crippen MR) is 60.3 cm³/mol. The van der Waals surface area contributed by atoms with Crippen molar-refractivity contribution in [3.8, 4) is 0 Å². The van der Waals surface area contributed by atoms with Crippen LogP contribution in [-0.2, 0) is 0 Å². The van der Waals surface area contributed by atoms with Gasteiger partial charge in [-0.1, -0.05) is 18.5 Å². The molecule has 4 nitrogen and oxygen atoms in total. The maximum Gasteiger partial charge on any atom is 0.255 e. The number of alkyl halides is 2. The van der Waals surface area contributed by atoms with Crippen LogP contribution in [0.25, 0.3) is 0 Å². The Morgan fingerprint density at radius 1 is 1.44 bits per heavy atom. The summed E-state index contributed by atoms with van der Waals surface area (Å²) < 4.78 is 24.0. The molecule has 0 aromatic carbocycles. The van der Waals surface area contributed by atoms with Gasteiger partial charge in [0.1, 0.15) is 5.02 Å². The van der Waals surface area contributed by atoms with Gasteiger partial charge in [-0.25, -0.2) is 13.8 Å². The fourth-order valence-corrected chi connectivity index (χ4v) is 1.14. The number of anilines is 2. The first-order valence-electron chi connectivity index (χ1n) is 4.92. The molecule has 1 rings (SSSR count). The number of aromatic nitrogens is 2. The Morgan fingerprint density at radius 2 is 2.19 bits per heavy atom. The molecule has 1 heterocycles. The quantitative estimate of drug-likeness (QED) is 0.815. The number of nitrogens with one attached hydrogen (secondary N) is 2. The van der Waals surface area contributed by atoms with Crippen LogP contribution in [0.4, 0.5) is 20.5 Å². The third kappa shape index (κ3) is 4.14. The largest absolute Gasteiger partial charge is 0.363 e. The summed E-state index contributed by atoms with van der Waals surface area (Å²) in [6, 6.07) is 0. The van der Waals surface area contributed by atoms with Crippen molar-refractivity contribution in [2.75, 3.05) is 23.7 Å². The highest BCUT2D eigenvalue weighted by atomic mass is 35.5. The van der Waals surface area contributed by atoms with E-state index in [1.807, 2.05) is 6.92 Å². The second-order valence-corrected chi connectivity index (χ2v) is 3.50. The molecule has 2 N–H and O–H groups in total. The Hall–Kier alpha value is -1.17. The zero-order chi connectivity index (χ0) is 12.0. The van der Waals surface area contributed by atoms with Crippen molar-refractivity contribution < 1.29 is 8.78 Å². The van der Waals surface area contributed by atoms with Gasteiger partial charge in [-0.05, 0) is 6.42 Å². The number of rotatable bonds is 6. The molecule has 0 atom stereocenters. The van der Waals surface area contributed by atoms with Crippen molar-refractivity contribution in [3.05, 3.63) is 11.2 Å². The lowest BCUT2D eigenvalue weighted by Crippen LogP contribution is -2.13. The van der Waals surface area contributed by atoms with Gasteiger partial charge in [0.2, 0.25) is 5.95 Å². The molecule has 0 saturated carbocycles. The first-order valence-corrected chi connectivity index (χ1v) is 5.29. The zero-order valence-corrected chi connectivity index (χ0v) is 9.56. The van der Waals surface area contributed by atoms with Gasteiger partial charge in [-0.2, -0.15) is 4.98 Å².